The van der Waals surface area contributed by atoms with E-state index < -0.39 is 6.03 Å². The molecule has 0 saturated carbocycles. The van der Waals surface area contributed by atoms with Gasteiger partial charge in [0.05, 0.1) is 18.7 Å². The summed E-state index contributed by atoms with van der Waals surface area (Å²) in [5, 5.41) is 8.84. The third kappa shape index (κ3) is 3.25. The Bertz CT molecular complexity index is 765. The minimum Gasteiger partial charge on any atom is -0.378 e. The van der Waals surface area contributed by atoms with E-state index in [0.29, 0.717) is 0 Å². The topological polar surface area (TPSA) is 99.8 Å². The summed E-state index contributed by atoms with van der Waals surface area (Å²) in [7, 11) is 1.68. The molecule has 0 radical (unpaired) electrons. The molecular formula is C19H25ClN4O4. The number of methoxy groups -OCH3 is 1. The van der Waals surface area contributed by atoms with Crippen LogP contribution in [0.5, 0.6) is 0 Å². The zero-order valence-electron chi connectivity index (χ0n) is 15.7. The first-order valence-electron chi connectivity index (χ1n) is 9.27. The molecule has 1 spiro atoms. The molecule has 3 N–H and O–H groups in total. The third-order valence-electron chi connectivity index (χ3n) is 5.98. The van der Waals surface area contributed by atoms with Crippen LogP contribution in [-0.4, -0.2) is 62.1 Å². The van der Waals surface area contributed by atoms with Crippen molar-refractivity contribution in [2.45, 2.75) is 30.4 Å². The van der Waals surface area contributed by atoms with Gasteiger partial charge in [-0.05, 0) is 37.1 Å². The van der Waals surface area contributed by atoms with Gasteiger partial charge in [-0.3, -0.25) is 14.5 Å². The van der Waals surface area contributed by atoms with Gasteiger partial charge in [-0.1, -0.05) is 24.3 Å². The van der Waals surface area contributed by atoms with Crippen molar-refractivity contribution in [1.82, 2.24) is 20.9 Å². The van der Waals surface area contributed by atoms with Gasteiger partial charge in [-0.15, -0.1) is 12.4 Å². The number of amides is 4. The lowest BCUT2D eigenvalue weighted by molar-refractivity contribution is -0.131. The second-order valence-electron chi connectivity index (χ2n) is 7.33. The van der Waals surface area contributed by atoms with Crippen LogP contribution >= 0.6 is 12.4 Å². The van der Waals surface area contributed by atoms with Gasteiger partial charge < -0.3 is 20.7 Å². The Balaban J connectivity index is 0.00000225. The lowest BCUT2D eigenvalue weighted by atomic mass is 9.72. The Labute approximate surface area is 169 Å². The van der Waals surface area contributed by atoms with Crippen LogP contribution in [0.3, 0.4) is 0 Å². The van der Waals surface area contributed by atoms with E-state index in [9.17, 15) is 14.4 Å². The maximum atomic E-state index is 12.6. The average Bonchev–Trinajstić information content (AvgIpc) is 3.12. The molecule has 0 aromatic heterocycles. The Morgan fingerprint density at radius 1 is 1.29 bits per heavy atom. The first kappa shape index (κ1) is 20.6. The van der Waals surface area contributed by atoms with Crippen LogP contribution in [0.25, 0.3) is 0 Å². The van der Waals surface area contributed by atoms with Crippen LogP contribution in [0, 0.1) is 0 Å². The number of ether oxygens (including phenoxy) is 1. The smallest absolute Gasteiger partial charge is 0.325 e. The van der Waals surface area contributed by atoms with E-state index in [4.69, 9.17) is 4.74 Å². The second-order valence-corrected chi connectivity index (χ2v) is 7.33. The molecule has 1 aromatic carbocycles. The molecule has 2 fully saturated rings. The molecule has 1 aromatic rings. The van der Waals surface area contributed by atoms with Gasteiger partial charge in [-0.25, -0.2) is 4.79 Å². The Morgan fingerprint density at radius 3 is 2.64 bits per heavy atom. The summed E-state index contributed by atoms with van der Waals surface area (Å²) in [6, 6.07) is 7.29. The van der Waals surface area contributed by atoms with Crippen molar-refractivity contribution < 1.29 is 19.1 Å². The SMILES string of the molecule is CO[C@H]1[C@H](NC(=O)CN2C(=O)CNC2=O)c2ccccc2C12CCNCC2.Cl. The standard InChI is InChI=1S/C19H24N4O4.ClH/c1-27-17-16(22-14(24)11-23-15(25)10-21-18(23)26)12-4-2-3-5-13(12)19(17)6-8-20-9-7-19;/h2-5,16-17,20H,6-11H2,1H3,(H,21,26)(H,22,24);1H/t16-,17+;/m1./s1. The highest BCUT2D eigenvalue weighted by Gasteiger charge is 2.53. The molecule has 28 heavy (non-hydrogen) atoms. The fraction of sp³-hybridized carbons (Fsp3) is 0.526. The number of imide groups is 1. The van der Waals surface area contributed by atoms with Crippen molar-refractivity contribution >= 4 is 30.3 Å². The lowest BCUT2D eigenvalue weighted by Gasteiger charge is -2.40. The van der Waals surface area contributed by atoms with Gasteiger partial charge in [0.25, 0.3) is 5.91 Å². The van der Waals surface area contributed by atoms with Gasteiger partial charge in [0.2, 0.25) is 5.91 Å². The number of benzene rings is 1. The molecule has 2 aliphatic heterocycles. The fourth-order valence-electron chi connectivity index (χ4n) is 4.78. The van der Waals surface area contributed by atoms with Gasteiger partial charge in [0, 0.05) is 12.5 Å². The van der Waals surface area contributed by atoms with Gasteiger partial charge >= 0.3 is 6.03 Å². The molecule has 4 amide bonds. The van der Waals surface area contributed by atoms with Crippen molar-refractivity contribution in [3.05, 3.63) is 35.4 Å². The number of rotatable bonds is 4. The molecule has 2 heterocycles. The van der Waals surface area contributed by atoms with E-state index in [2.05, 4.69) is 22.0 Å². The molecular weight excluding hydrogens is 384 g/mol. The Hall–Kier alpha value is -2.16. The fourth-order valence-corrected chi connectivity index (χ4v) is 4.78. The maximum Gasteiger partial charge on any atom is 0.325 e. The number of nitrogens with zero attached hydrogens (tertiary/aromatic N) is 1. The van der Waals surface area contributed by atoms with Crippen LogP contribution < -0.4 is 16.0 Å². The molecule has 1 aliphatic carbocycles. The van der Waals surface area contributed by atoms with Crippen LogP contribution in [0.1, 0.15) is 30.0 Å². The summed E-state index contributed by atoms with van der Waals surface area (Å²) in [6.45, 7) is 1.46. The summed E-state index contributed by atoms with van der Waals surface area (Å²) in [5.74, 6) is -0.756. The summed E-state index contributed by atoms with van der Waals surface area (Å²) < 4.78 is 5.91. The number of nitrogens with one attached hydrogen (secondary N) is 3. The van der Waals surface area contributed by atoms with Crippen LogP contribution in [0.15, 0.2) is 24.3 Å². The molecule has 4 rings (SSSR count). The zero-order valence-corrected chi connectivity index (χ0v) is 16.5. The maximum absolute atomic E-state index is 12.6. The third-order valence-corrected chi connectivity index (χ3v) is 5.98. The monoisotopic (exact) mass is 408 g/mol. The predicted octanol–water partition coefficient (Wildman–Crippen LogP) is 0.467. The number of urea groups is 1. The Morgan fingerprint density at radius 2 is 2.00 bits per heavy atom. The van der Waals surface area contributed by atoms with Crippen molar-refractivity contribution in [1.29, 1.82) is 0 Å². The van der Waals surface area contributed by atoms with Crippen LogP contribution in [-0.2, 0) is 19.7 Å². The molecule has 8 nitrogen and oxygen atoms in total. The number of hydrogen-bond acceptors (Lipinski definition) is 5. The summed E-state index contributed by atoms with van der Waals surface area (Å²) in [5.41, 5.74) is 2.13. The number of fused-ring (bicyclic) bond motifs is 2. The number of carbonyl (C=O) groups is 3. The number of hydrogen-bond donors (Lipinski definition) is 3. The largest absolute Gasteiger partial charge is 0.378 e. The highest BCUT2D eigenvalue weighted by Crippen LogP contribution is 2.51. The lowest BCUT2D eigenvalue weighted by Crippen LogP contribution is -2.50. The van der Waals surface area contributed by atoms with Crippen LogP contribution in [0.4, 0.5) is 4.79 Å². The molecule has 0 unspecified atom stereocenters. The minimum absolute atomic E-state index is 0. The summed E-state index contributed by atoms with van der Waals surface area (Å²) in [6.07, 6.45) is 1.67. The highest BCUT2D eigenvalue weighted by atomic mass is 35.5. The minimum atomic E-state index is -0.528. The zero-order chi connectivity index (χ0) is 19.0. The van der Waals surface area contributed by atoms with E-state index in [1.165, 1.54) is 5.56 Å². The van der Waals surface area contributed by atoms with Crippen molar-refractivity contribution in [2.75, 3.05) is 33.3 Å². The Kier molecular flexibility index (Phi) is 5.92. The summed E-state index contributed by atoms with van der Waals surface area (Å²) in [4.78, 5) is 37.0. The van der Waals surface area contributed by atoms with E-state index in [1.807, 2.05) is 18.2 Å². The normalized spacial score (nSPS) is 25.2. The van der Waals surface area contributed by atoms with E-state index in [1.54, 1.807) is 7.11 Å². The first-order valence-corrected chi connectivity index (χ1v) is 9.27. The molecule has 9 heteroatoms. The molecule has 0 bridgehead atoms. The number of carbonyl (C=O) groups excluding carboxylic acids is 3. The molecule has 152 valence electrons. The highest BCUT2D eigenvalue weighted by molar-refractivity contribution is 6.04. The quantitative estimate of drug-likeness (QED) is 0.629. The predicted molar refractivity (Wildman–Crippen MR) is 104 cm³/mol. The van der Waals surface area contributed by atoms with Crippen molar-refractivity contribution in [2.24, 2.45) is 0 Å². The van der Waals surface area contributed by atoms with Crippen molar-refractivity contribution in [3.8, 4) is 0 Å². The number of piperidine rings is 1. The average molecular weight is 409 g/mol. The molecule has 2 atom stereocenters. The number of halogens is 1. The molecule has 3 aliphatic rings. The van der Waals surface area contributed by atoms with Gasteiger partial charge in [0.15, 0.2) is 0 Å². The van der Waals surface area contributed by atoms with E-state index >= 15 is 0 Å². The summed E-state index contributed by atoms with van der Waals surface area (Å²) >= 11 is 0. The molecule has 2 saturated heterocycles. The van der Waals surface area contributed by atoms with E-state index in [0.717, 1.165) is 36.4 Å². The second kappa shape index (κ2) is 8.06. The van der Waals surface area contributed by atoms with E-state index in [-0.39, 0.29) is 54.9 Å². The van der Waals surface area contributed by atoms with Gasteiger partial charge in [0.1, 0.15) is 6.54 Å². The first-order chi connectivity index (χ1) is 13.1. The van der Waals surface area contributed by atoms with Crippen LogP contribution in [0.2, 0.25) is 0 Å². The van der Waals surface area contributed by atoms with Gasteiger partial charge in [-0.2, -0.15) is 0 Å². The van der Waals surface area contributed by atoms with Crippen molar-refractivity contribution in [3.63, 3.8) is 0 Å².